The summed E-state index contributed by atoms with van der Waals surface area (Å²) in [6.45, 7) is 0. The second-order valence-corrected chi connectivity index (χ2v) is 4.23. The molecule has 0 spiro atoms. The van der Waals surface area contributed by atoms with Gasteiger partial charge in [-0.3, -0.25) is 4.79 Å². The van der Waals surface area contributed by atoms with Gasteiger partial charge in [-0.1, -0.05) is 18.2 Å². The van der Waals surface area contributed by atoms with E-state index in [0.29, 0.717) is 5.69 Å². The number of carboxylic acids is 1. The van der Waals surface area contributed by atoms with E-state index in [2.05, 4.69) is 0 Å². The highest BCUT2D eigenvalue weighted by molar-refractivity contribution is 5.81. The van der Waals surface area contributed by atoms with Crippen LogP contribution < -0.4 is 0 Å². The zero-order valence-electron chi connectivity index (χ0n) is 9.81. The molecule has 1 atom stereocenters. The average Bonchev–Trinajstić information content (AvgIpc) is 2.64. The number of fused-ring (bicyclic) bond motifs is 1. The summed E-state index contributed by atoms with van der Waals surface area (Å²) in [5.74, 6) is -2.49. The highest BCUT2D eigenvalue weighted by atomic mass is 19.3. The third kappa shape index (κ3) is 2.20. The van der Waals surface area contributed by atoms with Gasteiger partial charge in [0.15, 0.2) is 0 Å². The minimum Gasteiger partial charge on any atom is -0.481 e. The fourth-order valence-corrected chi connectivity index (χ4v) is 2.18. The molecule has 0 saturated heterocycles. The first kappa shape index (κ1) is 12.5. The van der Waals surface area contributed by atoms with Crippen molar-refractivity contribution < 1.29 is 18.7 Å². The van der Waals surface area contributed by atoms with E-state index in [9.17, 15) is 13.6 Å². The van der Waals surface area contributed by atoms with E-state index >= 15 is 0 Å². The van der Waals surface area contributed by atoms with E-state index in [1.54, 1.807) is 17.7 Å². The predicted molar refractivity (Wildman–Crippen MR) is 63.9 cm³/mol. The fraction of sp³-hybridized carbons (Fsp3) is 0.308. The highest BCUT2D eigenvalue weighted by Gasteiger charge is 2.28. The normalized spacial score (nSPS) is 13.1. The van der Waals surface area contributed by atoms with Crippen LogP contribution in [-0.2, 0) is 11.8 Å². The molecule has 2 aromatic rings. The molecule has 96 valence electrons. The van der Waals surface area contributed by atoms with Crippen molar-refractivity contribution in [1.82, 2.24) is 4.57 Å². The topological polar surface area (TPSA) is 42.2 Å². The zero-order valence-corrected chi connectivity index (χ0v) is 9.81. The maximum atomic E-state index is 13.0. The van der Waals surface area contributed by atoms with Crippen LogP contribution in [-0.4, -0.2) is 22.1 Å². The van der Waals surface area contributed by atoms with E-state index in [4.69, 9.17) is 5.11 Å². The van der Waals surface area contributed by atoms with Gasteiger partial charge < -0.3 is 9.67 Å². The third-order valence-corrected chi connectivity index (χ3v) is 3.07. The van der Waals surface area contributed by atoms with Gasteiger partial charge in [0, 0.05) is 18.3 Å². The van der Waals surface area contributed by atoms with Crippen LogP contribution in [0.5, 0.6) is 0 Å². The van der Waals surface area contributed by atoms with Crippen molar-refractivity contribution in [2.45, 2.75) is 18.8 Å². The van der Waals surface area contributed by atoms with Crippen LogP contribution in [0.15, 0.2) is 30.3 Å². The van der Waals surface area contributed by atoms with Crippen LogP contribution in [0.1, 0.15) is 18.0 Å². The van der Waals surface area contributed by atoms with Crippen molar-refractivity contribution in [3.63, 3.8) is 0 Å². The Bertz CT molecular complexity index is 577. The molecule has 1 unspecified atom stereocenters. The van der Waals surface area contributed by atoms with E-state index in [0.717, 1.165) is 10.9 Å². The maximum Gasteiger partial charge on any atom is 0.304 e. The Morgan fingerprint density at radius 1 is 1.39 bits per heavy atom. The quantitative estimate of drug-likeness (QED) is 0.910. The number of nitrogens with zero attached hydrogens (tertiary/aromatic N) is 1. The van der Waals surface area contributed by atoms with E-state index < -0.39 is 24.7 Å². The van der Waals surface area contributed by atoms with Crippen molar-refractivity contribution in [2.75, 3.05) is 0 Å². The lowest BCUT2D eigenvalue weighted by Gasteiger charge is -2.15. The number of aromatic nitrogens is 1. The number of halogens is 2. The van der Waals surface area contributed by atoms with Crippen molar-refractivity contribution in [1.29, 1.82) is 0 Å². The van der Waals surface area contributed by atoms with Gasteiger partial charge in [0.1, 0.15) is 0 Å². The molecule has 0 aliphatic rings. The number of aliphatic carboxylic acids is 1. The van der Waals surface area contributed by atoms with Crippen molar-refractivity contribution in [3.8, 4) is 0 Å². The van der Waals surface area contributed by atoms with Crippen molar-refractivity contribution in [3.05, 3.63) is 36.0 Å². The number of rotatable bonds is 4. The molecule has 3 nitrogen and oxygen atoms in total. The van der Waals surface area contributed by atoms with Gasteiger partial charge in [-0.05, 0) is 17.5 Å². The second kappa shape index (κ2) is 4.76. The Balaban J connectivity index is 2.50. The predicted octanol–water partition coefficient (Wildman–Crippen LogP) is 3.00. The second-order valence-electron chi connectivity index (χ2n) is 4.23. The fourth-order valence-electron chi connectivity index (χ4n) is 2.18. The summed E-state index contributed by atoms with van der Waals surface area (Å²) in [6.07, 6.45) is -3.26. The van der Waals surface area contributed by atoms with Gasteiger partial charge in [-0.25, -0.2) is 8.78 Å². The number of alkyl halides is 2. The third-order valence-electron chi connectivity index (χ3n) is 3.07. The lowest BCUT2D eigenvalue weighted by molar-refractivity contribution is -0.138. The SMILES string of the molecule is Cn1c(C(CC(=O)O)C(F)F)cc2ccccc21. The van der Waals surface area contributed by atoms with Crippen LogP contribution >= 0.6 is 0 Å². The highest BCUT2D eigenvalue weighted by Crippen LogP contribution is 2.31. The molecular weight excluding hydrogens is 240 g/mol. The summed E-state index contributed by atoms with van der Waals surface area (Å²) in [4.78, 5) is 10.7. The van der Waals surface area contributed by atoms with E-state index in [-0.39, 0.29) is 0 Å². The summed E-state index contributed by atoms with van der Waals surface area (Å²) in [5.41, 5.74) is 1.18. The molecule has 0 saturated carbocycles. The molecule has 0 amide bonds. The number of benzene rings is 1. The molecule has 0 bridgehead atoms. The van der Waals surface area contributed by atoms with E-state index in [1.807, 2.05) is 24.3 Å². The molecule has 5 heteroatoms. The van der Waals surface area contributed by atoms with Gasteiger partial charge in [-0.15, -0.1) is 0 Å². The monoisotopic (exact) mass is 253 g/mol. The summed E-state index contributed by atoms with van der Waals surface area (Å²) in [5, 5.41) is 9.56. The van der Waals surface area contributed by atoms with Crippen LogP contribution in [0.25, 0.3) is 10.9 Å². The average molecular weight is 253 g/mol. The first-order chi connectivity index (χ1) is 8.50. The first-order valence-corrected chi connectivity index (χ1v) is 5.55. The van der Waals surface area contributed by atoms with E-state index in [1.165, 1.54) is 0 Å². The Morgan fingerprint density at radius 3 is 2.61 bits per heavy atom. The van der Waals surface area contributed by atoms with Gasteiger partial charge in [0.05, 0.1) is 12.3 Å². The lowest BCUT2D eigenvalue weighted by Crippen LogP contribution is -2.16. The molecule has 0 aliphatic carbocycles. The Kier molecular flexibility index (Phi) is 3.32. The number of carbonyl (C=O) groups is 1. The van der Waals surface area contributed by atoms with Crippen LogP contribution in [0.4, 0.5) is 8.78 Å². The van der Waals surface area contributed by atoms with Gasteiger partial charge >= 0.3 is 5.97 Å². The Hall–Kier alpha value is -1.91. The molecule has 0 fully saturated rings. The molecular formula is C13H13F2NO2. The minimum absolute atomic E-state index is 0.355. The van der Waals surface area contributed by atoms with Gasteiger partial charge in [-0.2, -0.15) is 0 Å². The number of hydrogen-bond acceptors (Lipinski definition) is 1. The maximum absolute atomic E-state index is 13.0. The Morgan fingerprint density at radius 2 is 2.06 bits per heavy atom. The Labute approximate surface area is 103 Å². The van der Waals surface area contributed by atoms with Crippen LogP contribution in [0, 0.1) is 0 Å². The summed E-state index contributed by atoms with van der Waals surface area (Å²) in [6, 6.07) is 8.92. The summed E-state index contributed by atoms with van der Waals surface area (Å²) in [7, 11) is 1.68. The molecule has 18 heavy (non-hydrogen) atoms. The van der Waals surface area contributed by atoms with Gasteiger partial charge in [0.2, 0.25) is 6.43 Å². The number of carboxylic acid groups (broad SMARTS) is 1. The number of para-hydroxylation sites is 1. The minimum atomic E-state index is -2.69. The number of hydrogen-bond donors (Lipinski definition) is 1. The van der Waals surface area contributed by atoms with Crippen molar-refractivity contribution >= 4 is 16.9 Å². The molecule has 1 N–H and O–H groups in total. The molecule has 2 rings (SSSR count). The molecule has 0 aliphatic heterocycles. The lowest BCUT2D eigenvalue weighted by atomic mass is 10.0. The van der Waals surface area contributed by atoms with Crippen LogP contribution in [0.2, 0.25) is 0 Å². The summed E-state index contributed by atoms with van der Waals surface area (Å²) < 4.78 is 27.6. The standard InChI is InChI=1S/C13H13F2NO2/c1-16-10-5-3-2-4-8(10)6-11(16)9(13(14)15)7-12(17)18/h2-6,9,13H,7H2,1H3,(H,17,18). The smallest absolute Gasteiger partial charge is 0.304 e. The largest absolute Gasteiger partial charge is 0.481 e. The molecule has 1 aromatic carbocycles. The molecule has 1 heterocycles. The molecule has 1 aromatic heterocycles. The number of aryl methyl sites for hydroxylation is 1. The first-order valence-electron chi connectivity index (χ1n) is 5.55. The van der Waals surface area contributed by atoms with Crippen LogP contribution in [0.3, 0.4) is 0 Å². The molecule has 0 radical (unpaired) electrons. The summed E-state index contributed by atoms with van der Waals surface area (Å²) >= 11 is 0. The van der Waals surface area contributed by atoms with Gasteiger partial charge in [0.25, 0.3) is 0 Å². The van der Waals surface area contributed by atoms with Crippen molar-refractivity contribution in [2.24, 2.45) is 7.05 Å². The zero-order chi connectivity index (χ0) is 13.3.